The van der Waals surface area contributed by atoms with Crippen LogP contribution in [-0.4, -0.2) is 75.5 Å². The molecular weight excluding hydrogens is 679 g/mol. The molecule has 0 saturated carbocycles. The number of rotatable bonds is 39. The van der Waals surface area contributed by atoms with Crippen LogP contribution < -0.4 is 5.11 Å². The van der Waals surface area contributed by atoms with Gasteiger partial charge in [0, 0.05) is 19.3 Å². The monoisotopic (exact) mass is 762 g/mol. The SMILES string of the molecule is CC/C=C/C/C=C/CCC(=O)OC(COCCC(C(=O)[O-])[N+](C)(C)C)COC(=O)CCCCCCCCC/C=C/CCCCCCCCCCCCCC. The first-order chi connectivity index (χ1) is 26.1. The summed E-state index contributed by atoms with van der Waals surface area (Å²) < 4.78 is 17.0. The molecule has 0 aliphatic heterocycles. The first-order valence-corrected chi connectivity index (χ1v) is 22.0. The minimum Gasteiger partial charge on any atom is -0.544 e. The van der Waals surface area contributed by atoms with Crippen LogP contribution in [0.15, 0.2) is 36.5 Å². The van der Waals surface area contributed by atoms with E-state index >= 15 is 0 Å². The molecule has 0 spiro atoms. The van der Waals surface area contributed by atoms with Gasteiger partial charge in [-0.3, -0.25) is 9.59 Å². The Labute approximate surface area is 332 Å². The zero-order valence-corrected chi connectivity index (χ0v) is 35.6. The molecule has 0 aromatic heterocycles. The zero-order valence-electron chi connectivity index (χ0n) is 35.6. The third-order valence-corrected chi connectivity index (χ3v) is 9.77. The molecule has 8 heteroatoms. The fourth-order valence-electron chi connectivity index (χ4n) is 6.36. The summed E-state index contributed by atoms with van der Waals surface area (Å²) >= 11 is 0. The molecule has 2 atom stereocenters. The van der Waals surface area contributed by atoms with Crippen molar-refractivity contribution in [3.8, 4) is 0 Å². The third kappa shape index (κ3) is 35.3. The van der Waals surface area contributed by atoms with Crippen LogP contribution in [0.2, 0.25) is 0 Å². The summed E-state index contributed by atoms with van der Waals surface area (Å²) in [5, 5.41) is 11.6. The van der Waals surface area contributed by atoms with Gasteiger partial charge in [-0.1, -0.05) is 153 Å². The van der Waals surface area contributed by atoms with Crippen LogP contribution in [0.25, 0.3) is 0 Å². The molecule has 0 rings (SSSR count). The summed E-state index contributed by atoms with van der Waals surface area (Å²) in [7, 11) is 5.37. The average Bonchev–Trinajstić information content (AvgIpc) is 3.12. The predicted molar refractivity (Wildman–Crippen MR) is 222 cm³/mol. The molecule has 0 radical (unpaired) electrons. The minimum atomic E-state index is -1.13. The van der Waals surface area contributed by atoms with Gasteiger partial charge in [0.15, 0.2) is 6.10 Å². The first-order valence-electron chi connectivity index (χ1n) is 22.0. The van der Waals surface area contributed by atoms with Gasteiger partial charge in [0.1, 0.15) is 12.6 Å². The molecule has 0 heterocycles. The Bertz CT molecular complexity index is 984. The van der Waals surface area contributed by atoms with Crippen molar-refractivity contribution in [2.75, 3.05) is 41.0 Å². The van der Waals surface area contributed by atoms with Crippen LogP contribution in [0, 0.1) is 0 Å². The van der Waals surface area contributed by atoms with E-state index in [1.807, 2.05) is 12.2 Å². The normalized spacial score (nSPS) is 13.3. The van der Waals surface area contributed by atoms with E-state index in [1.165, 1.54) is 116 Å². The third-order valence-electron chi connectivity index (χ3n) is 9.77. The molecule has 0 aromatic rings. The van der Waals surface area contributed by atoms with Gasteiger partial charge in [0.2, 0.25) is 0 Å². The van der Waals surface area contributed by atoms with Crippen molar-refractivity contribution in [3.63, 3.8) is 0 Å². The maximum Gasteiger partial charge on any atom is 0.306 e. The van der Waals surface area contributed by atoms with E-state index in [4.69, 9.17) is 14.2 Å². The number of nitrogens with zero attached hydrogens (tertiary/aromatic N) is 1. The lowest BCUT2D eigenvalue weighted by atomic mass is 10.0. The number of esters is 2. The van der Waals surface area contributed by atoms with Gasteiger partial charge in [-0.25, -0.2) is 0 Å². The van der Waals surface area contributed by atoms with Gasteiger partial charge >= 0.3 is 11.9 Å². The lowest BCUT2D eigenvalue weighted by Gasteiger charge is -2.34. The molecule has 314 valence electrons. The Morgan fingerprint density at radius 1 is 0.574 bits per heavy atom. The number of aliphatic carboxylic acids is 1. The molecule has 8 nitrogen and oxygen atoms in total. The first kappa shape index (κ1) is 51.5. The quantitative estimate of drug-likeness (QED) is 0.0266. The molecule has 0 N–H and O–H groups in total. The highest BCUT2D eigenvalue weighted by Crippen LogP contribution is 2.14. The van der Waals surface area contributed by atoms with Crippen LogP contribution in [0.1, 0.15) is 187 Å². The number of carbonyl (C=O) groups excluding carboxylic acids is 3. The zero-order chi connectivity index (χ0) is 40.0. The van der Waals surface area contributed by atoms with Gasteiger partial charge in [0.25, 0.3) is 0 Å². The second-order valence-electron chi connectivity index (χ2n) is 15.9. The van der Waals surface area contributed by atoms with Crippen molar-refractivity contribution < 1.29 is 38.2 Å². The maximum absolute atomic E-state index is 12.5. The number of carboxylic acid groups (broad SMARTS) is 1. The number of carbonyl (C=O) groups is 3. The van der Waals surface area contributed by atoms with Gasteiger partial charge in [-0.2, -0.15) is 0 Å². The van der Waals surface area contributed by atoms with Gasteiger partial charge in [-0.15, -0.1) is 0 Å². The number of carboxylic acids is 1. The molecule has 0 aliphatic rings. The summed E-state index contributed by atoms with van der Waals surface area (Å²) in [6.45, 7) is 4.45. The van der Waals surface area contributed by atoms with Crippen LogP contribution in [-0.2, 0) is 28.6 Å². The van der Waals surface area contributed by atoms with Crippen molar-refractivity contribution >= 4 is 17.9 Å². The molecule has 54 heavy (non-hydrogen) atoms. The van der Waals surface area contributed by atoms with Crippen molar-refractivity contribution in [1.29, 1.82) is 0 Å². The van der Waals surface area contributed by atoms with Crippen molar-refractivity contribution in [3.05, 3.63) is 36.5 Å². The number of quaternary nitrogens is 1. The number of hydrogen-bond acceptors (Lipinski definition) is 7. The summed E-state index contributed by atoms with van der Waals surface area (Å²) in [6, 6.07) is -0.733. The highest BCUT2D eigenvalue weighted by Gasteiger charge is 2.25. The Hall–Kier alpha value is -2.45. The second kappa shape index (κ2) is 37.5. The van der Waals surface area contributed by atoms with E-state index in [1.54, 1.807) is 21.1 Å². The number of unbranched alkanes of at least 4 members (excludes halogenated alkanes) is 19. The van der Waals surface area contributed by atoms with E-state index in [0.717, 1.165) is 32.1 Å². The molecule has 0 amide bonds. The highest BCUT2D eigenvalue weighted by atomic mass is 16.6. The lowest BCUT2D eigenvalue weighted by molar-refractivity contribution is -0.889. The van der Waals surface area contributed by atoms with E-state index in [-0.39, 0.29) is 43.1 Å². The molecule has 0 aliphatic carbocycles. The standard InChI is InChI=1S/C46H83NO7/c1-6-8-10-12-14-15-16-17-18-19-20-21-22-23-24-25-26-27-28-29-31-32-34-36-44(48)53-41-42(40-52-39-38-43(46(50)51)47(3,4)5)54-45(49)37-35-33-30-13-11-9-7-2/h9,11,23-24,30,33,42-43H,6-8,10,12-22,25-29,31-32,34-41H2,1-5H3/b11-9+,24-23+,33-30+. The van der Waals surface area contributed by atoms with Crippen LogP contribution in [0.3, 0.4) is 0 Å². The Kier molecular flexibility index (Phi) is 35.8. The molecule has 0 saturated heterocycles. The maximum atomic E-state index is 12.5. The van der Waals surface area contributed by atoms with Gasteiger partial charge in [0.05, 0.1) is 40.3 Å². The summed E-state index contributed by atoms with van der Waals surface area (Å²) in [5.74, 6) is -1.83. The Morgan fingerprint density at radius 2 is 1.07 bits per heavy atom. The van der Waals surface area contributed by atoms with Crippen molar-refractivity contribution in [2.24, 2.45) is 0 Å². The van der Waals surface area contributed by atoms with E-state index < -0.39 is 24.1 Å². The second-order valence-corrected chi connectivity index (χ2v) is 15.9. The molecule has 2 unspecified atom stereocenters. The van der Waals surface area contributed by atoms with Crippen molar-refractivity contribution in [2.45, 2.75) is 199 Å². The highest BCUT2D eigenvalue weighted by molar-refractivity contribution is 5.70. The summed E-state index contributed by atoms with van der Waals surface area (Å²) in [4.78, 5) is 36.6. The van der Waals surface area contributed by atoms with Crippen LogP contribution in [0.4, 0.5) is 0 Å². The van der Waals surface area contributed by atoms with Crippen LogP contribution in [0.5, 0.6) is 0 Å². The minimum absolute atomic E-state index is 0.0167. The lowest BCUT2D eigenvalue weighted by Crippen LogP contribution is -2.55. The number of hydrogen-bond donors (Lipinski definition) is 0. The Balaban J connectivity index is 4.12. The van der Waals surface area contributed by atoms with E-state index in [9.17, 15) is 19.5 Å². The number of likely N-dealkylation sites (N-methyl/N-ethyl adjacent to an activating group) is 1. The number of ether oxygens (including phenoxy) is 3. The molecule has 0 bridgehead atoms. The Morgan fingerprint density at radius 3 is 1.59 bits per heavy atom. The predicted octanol–water partition coefficient (Wildman–Crippen LogP) is 10.5. The smallest absolute Gasteiger partial charge is 0.306 e. The fourth-order valence-corrected chi connectivity index (χ4v) is 6.36. The largest absolute Gasteiger partial charge is 0.544 e. The van der Waals surface area contributed by atoms with Crippen LogP contribution >= 0.6 is 0 Å². The molecular formula is C46H83NO7. The number of allylic oxidation sites excluding steroid dienone is 6. The van der Waals surface area contributed by atoms with Crippen molar-refractivity contribution in [1.82, 2.24) is 0 Å². The summed E-state index contributed by atoms with van der Waals surface area (Å²) in [5.41, 5.74) is 0. The van der Waals surface area contributed by atoms with Gasteiger partial charge in [-0.05, 0) is 51.4 Å². The average molecular weight is 762 g/mol. The topological polar surface area (TPSA) is 102 Å². The molecule has 0 aromatic carbocycles. The molecule has 0 fully saturated rings. The summed E-state index contributed by atoms with van der Waals surface area (Å²) in [6.07, 6.45) is 42.3. The van der Waals surface area contributed by atoms with E-state index in [0.29, 0.717) is 12.8 Å². The van der Waals surface area contributed by atoms with E-state index in [2.05, 4.69) is 38.2 Å². The van der Waals surface area contributed by atoms with Gasteiger partial charge < -0.3 is 28.6 Å². The fraction of sp³-hybridized carbons (Fsp3) is 0.804.